The molecule has 4 rings (SSSR count). The minimum absolute atomic E-state index is 0.217. The molecule has 122 valence electrons. The molecule has 2 atom stereocenters. The number of carbonyl (C=O) groups is 1. The van der Waals surface area contributed by atoms with Gasteiger partial charge in [0.05, 0.1) is 13.2 Å². The maximum absolute atomic E-state index is 13.3. The van der Waals surface area contributed by atoms with Gasteiger partial charge < -0.3 is 9.72 Å². The maximum Gasteiger partial charge on any atom is 0.323 e. The van der Waals surface area contributed by atoms with E-state index in [0.717, 1.165) is 27.7 Å². The summed E-state index contributed by atoms with van der Waals surface area (Å²) in [5.41, 5.74) is 4.05. The van der Waals surface area contributed by atoms with Crippen LogP contribution in [0.3, 0.4) is 0 Å². The minimum atomic E-state index is -0.434. The van der Waals surface area contributed by atoms with Crippen molar-refractivity contribution in [2.45, 2.75) is 18.5 Å². The second kappa shape index (κ2) is 5.76. The molecule has 0 spiro atoms. The van der Waals surface area contributed by atoms with E-state index in [0.29, 0.717) is 6.42 Å². The fraction of sp³-hybridized carbons (Fsp3) is 0.211. The van der Waals surface area contributed by atoms with Crippen LogP contribution >= 0.6 is 0 Å². The average Bonchev–Trinajstić information content (AvgIpc) is 2.99. The van der Waals surface area contributed by atoms with Gasteiger partial charge in [-0.15, -0.1) is 0 Å². The molecule has 0 amide bonds. The second-order valence-electron chi connectivity index (χ2n) is 5.99. The quantitative estimate of drug-likeness (QED) is 0.712. The number of hydrogen-bond acceptors (Lipinski definition) is 3. The van der Waals surface area contributed by atoms with Crippen molar-refractivity contribution in [3.05, 3.63) is 71.2 Å². The van der Waals surface area contributed by atoms with Gasteiger partial charge in [0.15, 0.2) is 0 Å². The molecule has 0 radical (unpaired) electrons. The summed E-state index contributed by atoms with van der Waals surface area (Å²) in [4.78, 5) is 15.6. The molecule has 1 aromatic heterocycles. The summed E-state index contributed by atoms with van der Waals surface area (Å²) < 4.78 is 18.2. The van der Waals surface area contributed by atoms with Gasteiger partial charge in [0, 0.05) is 23.0 Å². The SMILES string of the molecule is COC(=O)C1Cc2c([nH]c3ccccc23)C(c2ccc(F)cc2)N1. The Morgan fingerprint density at radius 2 is 1.92 bits per heavy atom. The number of methoxy groups -OCH3 is 1. The number of benzene rings is 2. The highest BCUT2D eigenvalue weighted by molar-refractivity contribution is 5.87. The fourth-order valence-electron chi connectivity index (χ4n) is 3.45. The maximum atomic E-state index is 13.3. The first-order valence-corrected chi connectivity index (χ1v) is 7.86. The lowest BCUT2D eigenvalue weighted by atomic mass is 9.90. The lowest BCUT2D eigenvalue weighted by Crippen LogP contribution is -2.45. The van der Waals surface area contributed by atoms with Crippen molar-refractivity contribution in [3.8, 4) is 0 Å². The topological polar surface area (TPSA) is 54.1 Å². The van der Waals surface area contributed by atoms with Crippen LogP contribution in [-0.2, 0) is 16.0 Å². The second-order valence-corrected chi connectivity index (χ2v) is 5.99. The van der Waals surface area contributed by atoms with Crippen molar-refractivity contribution in [1.29, 1.82) is 0 Å². The van der Waals surface area contributed by atoms with Crippen LogP contribution < -0.4 is 5.32 Å². The number of para-hydroxylation sites is 1. The molecule has 2 N–H and O–H groups in total. The first-order valence-electron chi connectivity index (χ1n) is 7.86. The van der Waals surface area contributed by atoms with E-state index < -0.39 is 6.04 Å². The molecule has 4 nitrogen and oxygen atoms in total. The normalized spacial score (nSPS) is 19.9. The zero-order valence-electron chi connectivity index (χ0n) is 13.2. The Balaban J connectivity index is 1.86. The molecule has 1 aliphatic rings. The number of aromatic amines is 1. The van der Waals surface area contributed by atoms with Crippen molar-refractivity contribution in [2.24, 2.45) is 0 Å². The van der Waals surface area contributed by atoms with Crippen LogP contribution in [0.1, 0.15) is 22.9 Å². The molecule has 0 bridgehead atoms. The monoisotopic (exact) mass is 324 g/mol. The highest BCUT2D eigenvalue weighted by atomic mass is 19.1. The molecule has 1 aliphatic heterocycles. The number of fused-ring (bicyclic) bond motifs is 3. The molecule has 3 aromatic rings. The summed E-state index contributed by atoms with van der Waals surface area (Å²) in [6, 6.07) is 13.7. The summed E-state index contributed by atoms with van der Waals surface area (Å²) in [5.74, 6) is -0.575. The van der Waals surface area contributed by atoms with Crippen LogP contribution in [0.4, 0.5) is 4.39 Å². The highest BCUT2D eigenvalue weighted by Crippen LogP contribution is 2.35. The van der Waals surface area contributed by atoms with Gasteiger partial charge in [-0.05, 0) is 29.3 Å². The molecule has 0 saturated carbocycles. The Hall–Kier alpha value is -2.66. The van der Waals surface area contributed by atoms with E-state index in [2.05, 4.69) is 10.3 Å². The lowest BCUT2D eigenvalue weighted by Gasteiger charge is -2.30. The van der Waals surface area contributed by atoms with Gasteiger partial charge in [-0.25, -0.2) is 4.39 Å². The summed E-state index contributed by atoms with van der Waals surface area (Å²) in [7, 11) is 1.39. The Kier molecular flexibility index (Phi) is 3.58. The third-order valence-corrected chi connectivity index (χ3v) is 4.60. The van der Waals surface area contributed by atoms with E-state index in [1.807, 2.05) is 24.3 Å². The molecule has 2 heterocycles. The molecule has 2 aromatic carbocycles. The van der Waals surface area contributed by atoms with Gasteiger partial charge in [0.25, 0.3) is 0 Å². The minimum Gasteiger partial charge on any atom is -0.468 e. The molecule has 0 aliphatic carbocycles. The van der Waals surface area contributed by atoms with Crippen molar-refractivity contribution in [1.82, 2.24) is 10.3 Å². The molecule has 5 heteroatoms. The number of ether oxygens (including phenoxy) is 1. The number of esters is 1. The molecular weight excluding hydrogens is 307 g/mol. The van der Waals surface area contributed by atoms with E-state index in [-0.39, 0.29) is 17.8 Å². The van der Waals surface area contributed by atoms with E-state index in [4.69, 9.17) is 4.74 Å². The number of aromatic nitrogens is 1. The van der Waals surface area contributed by atoms with Crippen LogP contribution in [0.5, 0.6) is 0 Å². The van der Waals surface area contributed by atoms with Gasteiger partial charge >= 0.3 is 5.97 Å². The first-order chi connectivity index (χ1) is 11.7. The third-order valence-electron chi connectivity index (χ3n) is 4.60. The zero-order valence-corrected chi connectivity index (χ0v) is 13.2. The standard InChI is InChI=1S/C19H17FN2O2/c1-24-19(23)16-10-14-13-4-2-3-5-15(13)21-18(14)17(22-16)11-6-8-12(20)9-7-11/h2-9,16-17,21-22H,10H2,1H3. The van der Waals surface area contributed by atoms with Crippen LogP contribution in [0.25, 0.3) is 10.9 Å². The summed E-state index contributed by atoms with van der Waals surface area (Å²) in [6.07, 6.45) is 0.559. The third kappa shape index (κ3) is 2.37. The van der Waals surface area contributed by atoms with Gasteiger partial charge in [-0.2, -0.15) is 0 Å². The van der Waals surface area contributed by atoms with Gasteiger partial charge in [0.2, 0.25) is 0 Å². The molecule has 24 heavy (non-hydrogen) atoms. The fourth-order valence-corrected chi connectivity index (χ4v) is 3.45. The van der Waals surface area contributed by atoms with Crippen molar-refractivity contribution < 1.29 is 13.9 Å². The smallest absolute Gasteiger partial charge is 0.323 e. The Labute approximate surface area is 138 Å². The lowest BCUT2D eigenvalue weighted by molar-refractivity contribution is -0.143. The van der Waals surface area contributed by atoms with E-state index in [1.165, 1.54) is 19.2 Å². The van der Waals surface area contributed by atoms with E-state index >= 15 is 0 Å². The van der Waals surface area contributed by atoms with Crippen LogP contribution in [0.2, 0.25) is 0 Å². The highest BCUT2D eigenvalue weighted by Gasteiger charge is 2.34. The molecule has 0 fully saturated rings. The van der Waals surface area contributed by atoms with E-state index in [9.17, 15) is 9.18 Å². The molecule has 0 saturated heterocycles. The number of nitrogens with one attached hydrogen (secondary N) is 2. The van der Waals surface area contributed by atoms with Gasteiger partial charge in [0.1, 0.15) is 11.9 Å². The van der Waals surface area contributed by atoms with Crippen molar-refractivity contribution in [3.63, 3.8) is 0 Å². The zero-order chi connectivity index (χ0) is 16.7. The van der Waals surface area contributed by atoms with Crippen LogP contribution in [-0.4, -0.2) is 24.1 Å². The predicted molar refractivity (Wildman–Crippen MR) is 89.2 cm³/mol. The molecule has 2 unspecified atom stereocenters. The first kappa shape index (κ1) is 14.9. The van der Waals surface area contributed by atoms with Crippen LogP contribution in [0, 0.1) is 5.82 Å². The Bertz CT molecular complexity index is 901. The van der Waals surface area contributed by atoms with Gasteiger partial charge in [-0.3, -0.25) is 10.1 Å². The Morgan fingerprint density at radius 3 is 2.67 bits per heavy atom. The number of H-pyrrole nitrogens is 1. The Morgan fingerprint density at radius 1 is 1.17 bits per heavy atom. The summed E-state index contributed by atoms with van der Waals surface area (Å²) >= 11 is 0. The predicted octanol–water partition coefficient (Wildman–Crippen LogP) is 3.08. The van der Waals surface area contributed by atoms with Crippen LogP contribution in [0.15, 0.2) is 48.5 Å². The molecular formula is C19H17FN2O2. The number of rotatable bonds is 2. The number of hydrogen-bond donors (Lipinski definition) is 2. The van der Waals surface area contributed by atoms with Gasteiger partial charge in [-0.1, -0.05) is 30.3 Å². The summed E-state index contributed by atoms with van der Waals surface area (Å²) in [6.45, 7) is 0. The van der Waals surface area contributed by atoms with E-state index in [1.54, 1.807) is 12.1 Å². The van der Waals surface area contributed by atoms with Crippen molar-refractivity contribution in [2.75, 3.05) is 7.11 Å². The summed E-state index contributed by atoms with van der Waals surface area (Å²) in [5, 5.41) is 4.44. The number of carbonyl (C=O) groups excluding carboxylic acids is 1. The van der Waals surface area contributed by atoms with Crippen molar-refractivity contribution >= 4 is 16.9 Å². The number of halogens is 1. The largest absolute Gasteiger partial charge is 0.468 e. The average molecular weight is 324 g/mol.